The molecule has 0 aliphatic rings. The van der Waals surface area contributed by atoms with Crippen molar-refractivity contribution in [3.63, 3.8) is 0 Å². The van der Waals surface area contributed by atoms with E-state index in [1.807, 2.05) is 25.1 Å². The van der Waals surface area contributed by atoms with Crippen molar-refractivity contribution in [1.29, 1.82) is 0 Å². The summed E-state index contributed by atoms with van der Waals surface area (Å²) in [5, 5.41) is 6.56. The van der Waals surface area contributed by atoms with Gasteiger partial charge in [0.05, 0.1) is 23.5 Å². The maximum atomic E-state index is 11.8. The van der Waals surface area contributed by atoms with Gasteiger partial charge in [0, 0.05) is 5.56 Å². The molecule has 0 aromatic heterocycles. The minimum atomic E-state index is -0.900. The van der Waals surface area contributed by atoms with Gasteiger partial charge in [-0.15, -0.1) is 0 Å². The van der Waals surface area contributed by atoms with E-state index in [0.717, 1.165) is 6.42 Å². The molecule has 0 atom stereocenters. The Hall–Kier alpha value is -2.86. The molecule has 0 saturated carbocycles. The number of hydrogen-bond donors (Lipinski definition) is 2. The van der Waals surface area contributed by atoms with E-state index in [4.69, 9.17) is 16.3 Å². The van der Waals surface area contributed by atoms with Crippen molar-refractivity contribution < 1.29 is 14.3 Å². The lowest BCUT2D eigenvalue weighted by Gasteiger charge is -2.07. The van der Waals surface area contributed by atoms with Gasteiger partial charge in [-0.1, -0.05) is 42.8 Å². The van der Waals surface area contributed by atoms with Crippen LogP contribution < -0.4 is 15.5 Å². The number of halogens is 1. The van der Waals surface area contributed by atoms with Gasteiger partial charge in [0.1, 0.15) is 5.75 Å². The van der Waals surface area contributed by atoms with Crippen LogP contribution >= 0.6 is 11.6 Å². The Kier molecular flexibility index (Phi) is 6.98. The van der Waals surface area contributed by atoms with Crippen LogP contribution in [-0.4, -0.2) is 24.6 Å². The highest BCUT2D eigenvalue weighted by Crippen LogP contribution is 2.20. The first kappa shape index (κ1) is 18.5. The van der Waals surface area contributed by atoms with Crippen LogP contribution in [0.25, 0.3) is 0 Å². The summed E-state index contributed by atoms with van der Waals surface area (Å²) in [6.07, 6.45) is 2.30. The molecule has 2 N–H and O–H groups in total. The number of nitrogens with zero attached hydrogens (tertiary/aromatic N) is 1. The number of carbonyl (C=O) groups is 2. The quantitative estimate of drug-likeness (QED) is 0.472. The lowest BCUT2D eigenvalue weighted by Crippen LogP contribution is -2.32. The summed E-state index contributed by atoms with van der Waals surface area (Å²) in [6, 6.07) is 13.9. The molecule has 6 nitrogen and oxygen atoms in total. The SMILES string of the molecule is CCCOc1ccccc1/C=N\NC(=O)C(=O)Nc1ccccc1Cl. The van der Waals surface area contributed by atoms with Gasteiger partial charge in [-0.3, -0.25) is 9.59 Å². The molecule has 0 spiro atoms. The number of para-hydroxylation sites is 2. The number of rotatable bonds is 6. The van der Waals surface area contributed by atoms with Gasteiger partial charge in [0.25, 0.3) is 0 Å². The van der Waals surface area contributed by atoms with Crippen molar-refractivity contribution in [2.24, 2.45) is 5.10 Å². The Morgan fingerprint density at radius 3 is 2.60 bits per heavy atom. The molecule has 0 radical (unpaired) electrons. The van der Waals surface area contributed by atoms with Gasteiger partial charge < -0.3 is 10.1 Å². The Balaban J connectivity index is 1.94. The van der Waals surface area contributed by atoms with E-state index in [2.05, 4.69) is 15.8 Å². The highest BCUT2D eigenvalue weighted by Gasteiger charge is 2.14. The fraction of sp³-hybridized carbons (Fsp3) is 0.167. The Labute approximate surface area is 150 Å². The van der Waals surface area contributed by atoms with Crippen molar-refractivity contribution in [2.45, 2.75) is 13.3 Å². The first-order valence-corrected chi connectivity index (χ1v) is 8.10. The zero-order valence-electron chi connectivity index (χ0n) is 13.7. The standard InChI is InChI=1S/C18H18ClN3O3/c1-2-11-25-16-10-6-3-7-13(16)12-20-22-18(24)17(23)21-15-9-5-4-8-14(15)19/h3-10,12H,2,11H2,1H3,(H,21,23)(H,22,24)/b20-12-. The number of hydrazone groups is 1. The van der Waals surface area contributed by atoms with Crippen molar-refractivity contribution in [2.75, 3.05) is 11.9 Å². The Bertz CT molecular complexity index is 778. The molecular formula is C18H18ClN3O3. The number of ether oxygens (including phenoxy) is 1. The number of carbonyl (C=O) groups excluding carboxylic acids is 2. The number of benzene rings is 2. The van der Waals surface area contributed by atoms with Gasteiger partial charge in [-0.2, -0.15) is 5.10 Å². The summed E-state index contributed by atoms with van der Waals surface area (Å²) in [5.74, 6) is -1.10. The smallest absolute Gasteiger partial charge is 0.329 e. The van der Waals surface area contributed by atoms with E-state index in [0.29, 0.717) is 28.6 Å². The van der Waals surface area contributed by atoms with Crippen LogP contribution in [0.15, 0.2) is 53.6 Å². The second-order valence-corrected chi connectivity index (χ2v) is 5.43. The minimum absolute atomic E-state index is 0.342. The van der Waals surface area contributed by atoms with Crippen molar-refractivity contribution in [3.05, 3.63) is 59.1 Å². The van der Waals surface area contributed by atoms with E-state index in [1.165, 1.54) is 6.21 Å². The van der Waals surface area contributed by atoms with Crippen molar-refractivity contribution >= 4 is 35.3 Å². The lowest BCUT2D eigenvalue weighted by molar-refractivity contribution is -0.136. The average Bonchev–Trinajstić information content (AvgIpc) is 2.62. The first-order chi connectivity index (χ1) is 12.1. The van der Waals surface area contributed by atoms with Gasteiger partial charge >= 0.3 is 11.8 Å². The summed E-state index contributed by atoms with van der Waals surface area (Å²) in [6.45, 7) is 2.59. The predicted molar refractivity (Wildman–Crippen MR) is 98.0 cm³/mol. The lowest BCUT2D eigenvalue weighted by atomic mass is 10.2. The van der Waals surface area contributed by atoms with Crippen LogP contribution in [0.4, 0.5) is 5.69 Å². The van der Waals surface area contributed by atoms with Gasteiger partial charge in [0.15, 0.2) is 0 Å². The van der Waals surface area contributed by atoms with E-state index in [1.54, 1.807) is 30.3 Å². The fourth-order valence-electron chi connectivity index (χ4n) is 1.88. The maximum absolute atomic E-state index is 11.8. The third kappa shape index (κ3) is 5.61. The molecule has 0 aliphatic carbocycles. The predicted octanol–water partition coefficient (Wildman–Crippen LogP) is 3.22. The summed E-state index contributed by atoms with van der Waals surface area (Å²) >= 11 is 5.93. The molecule has 0 aliphatic heterocycles. The number of nitrogens with one attached hydrogen (secondary N) is 2. The summed E-state index contributed by atoms with van der Waals surface area (Å²) in [7, 11) is 0. The van der Waals surface area contributed by atoms with E-state index >= 15 is 0 Å². The van der Waals surface area contributed by atoms with E-state index in [-0.39, 0.29) is 0 Å². The van der Waals surface area contributed by atoms with Crippen LogP contribution in [0.2, 0.25) is 5.02 Å². The second kappa shape index (κ2) is 9.44. The third-order valence-electron chi connectivity index (χ3n) is 3.08. The van der Waals surface area contributed by atoms with Crippen LogP contribution in [0, 0.1) is 0 Å². The molecule has 0 heterocycles. The molecule has 0 unspecified atom stereocenters. The van der Waals surface area contributed by atoms with Crippen molar-refractivity contribution in [3.8, 4) is 5.75 Å². The molecule has 130 valence electrons. The maximum Gasteiger partial charge on any atom is 0.329 e. The second-order valence-electron chi connectivity index (χ2n) is 5.02. The van der Waals surface area contributed by atoms with Crippen LogP contribution in [0.5, 0.6) is 5.75 Å². The van der Waals surface area contributed by atoms with Gasteiger partial charge in [-0.05, 0) is 30.7 Å². The van der Waals surface area contributed by atoms with Gasteiger partial charge in [0.2, 0.25) is 0 Å². The average molecular weight is 360 g/mol. The molecule has 2 aromatic carbocycles. The Morgan fingerprint density at radius 2 is 1.84 bits per heavy atom. The number of anilines is 1. The van der Waals surface area contributed by atoms with Crippen molar-refractivity contribution in [1.82, 2.24) is 5.43 Å². The summed E-state index contributed by atoms with van der Waals surface area (Å²) in [5.41, 5.74) is 3.22. The molecule has 0 fully saturated rings. The molecule has 2 amide bonds. The van der Waals surface area contributed by atoms with E-state index in [9.17, 15) is 9.59 Å². The number of hydrogen-bond acceptors (Lipinski definition) is 4. The normalized spacial score (nSPS) is 10.5. The summed E-state index contributed by atoms with van der Waals surface area (Å²) < 4.78 is 5.59. The third-order valence-corrected chi connectivity index (χ3v) is 3.41. The topological polar surface area (TPSA) is 79.8 Å². The van der Waals surface area contributed by atoms with Gasteiger partial charge in [-0.25, -0.2) is 5.43 Å². The van der Waals surface area contributed by atoms with Crippen LogP contribution in [0.1, 0.15) is 18.9 Å². The molecule has 0 bridgehead atoms. The molecule has 0 saturated heterocycles. The molecular weight excluding hydrogens is 342 g/mol. The minimum Gasteiger partial charge on any atom is -0.493 e. The largest absolute Gasteiger partial charge is 0.493 e. The zero-order valence-corrected chi connectivity index (χ0v) is 14.4. The molecule has 25 heavy (non-hydrogen) atoms. The molecule has 2 rings (SSSR count). The monoisotopic (exact) mass is 359 g/mol. The highest BCUT2D eigenvalue weighted by molar-refractivity contribution is 6.41. The Morgan fingerprint density at radius 1 is 1.12 bits per heavy atom. The molecule has 7 heteroatoms. The fourth-order valence-corrected chi connectivity index (χ4v) is 2.07. The van der Waals surface area contributed by atoms with Crippen LogP contribution in [-0.2, 0) is 9.59 Å². The van der Waals surface area contributed by atoms with E-state index < -0.39 is 11.8 Å². The first-order valence-electron chi connectivity index (χ1n) is 7.72. The molecule has 2 aromatic rings. The summed E-state index contributed by atoms with van der Waals surface area (Å²) in [4.78, 5) is 23.6. The number of amides is 2. The van der Waals surface area contributed by atoms with Crippen LogP contribution in [0.3, 0.4) is 0 Å². The zero-order chi connectivity index (χ0) is 18.1. The highest BCUT2D eigenvalue weighted by atomic mass is 35.5.